The van der Waals surface area contributed by atoms with E-state index in [0.29, 0.717) is 12.3 Å². The molecule has 2 aromatic heterocycles. The number of nitrogens with zero attached hydrogens (tertiary/aromatic N) is 2. The lowest BCUT2D eigenvalue weighted by Gasteiger charge is -2.03. The third kappa shape index (κ3) is 4.64. The first kappa shape index (κ1) is 18.5. The molecule has 0 fully saturated rings. The fraction of sp³-hybridized carbons (Fsp3) is 0.278. The summed E-state index contributed by atoms with van der Waals surface area (Å²) in [7, 11) is 1.65. The molecule has 3 aromatic rings. The number of nitrogens with one attached hydrogen (secondary N) is 2. The summed E-state index contributed by atoms with van der Waals surface area (Å²) in [5.41, 5.74) is 3.78. The molecule has 2 N–H and O–H groups in total. The molecule has 0 aliphatic carbocycles. The van der Waals surface area contributed by atoms with Crippen LogP contribution in [0.25, 0.3) is 0 Å². The number of H-pyrrole nitrogens is 1. The van der Waals surface area contributed by atoms with Crippen molar-refractivity contribution < 1.29 is 9.53 Å². The lowest BCUT2D eigenvalue weighted by atomic mass is 10.2. The van der Waals surface area contributed by atoms with Crippen LogP contribution in [-0.2, 0) is 6.54 Å². The molecule has 0 bridgehead atoms. The molecule has 1 aromatic carbocycles. The van der Waals surface area contributed by atoms with E-state index in [1.54, 1.807) is 7.11 Å². The minimum absolute atomic E-state index is 0.0970. The van der Waals surface area contributed by atoms with Crippen LogP contribution < -0.4 is 10.1 Å². The van der Waals surface area contributed by atoms with Crippen molar-refractivity contribution in [2.24, 2.45) is 0 Å². The first-order valence-electron chi connectivity index (χ1n) is 8.07. The van der Waals surface area contributed by atoms with E-state index in [0.717, 1.165) is 37.7 Å². The van der Waals surface area contributed by atoms with Gasteiger partial charge in [-0.05, 0) is 37.6 Å². The molecule has 0 amide bonds. The number of anilines is 1. The molecule has 0 unspecified atom stereocenters. The van der Waals surface area contributed by atoms with Crippen molar-refractivity contribution >= 4 is 34.0 Å². The largest absolute Gasteiger partial charge is 0.497 e. The average Bonchev–Trinajstić information content (AvgIpc) is 3.24. The summed E-state index contributed by atoms with van der Waals surface area (Å²) in [6.07, 6.45) is 0. The Morgan fingerprint density at radius 3 is 2.69 bits per heavy atom. The highest BCUT2D eigenvalue weighted by Crippen LogP contribution is 2.27. The summed E-state index contributed by atoms with van der Waals surface area (Å²) in [6, 6.07) is 9.74. The third-order valence-corrected chi connectivity index (χ3v) is 5.80. The molecule has 0 atom stereocenters. The normalized spacial score (nSPS) is 10.7. The zero-order chi connectivity index (χ0) is 18.5. The van der Waals surface area contributed by atoms with Gasteiger partial charge in [-0.1, -0.05) is 35.2 Å². The number of hydrogen-bond donors (Lipinski definition) is 2. The quantitative estimate of drug-likeness (QED) is 0.447. The smallest absolute Gasteiger partial charge is 0.206 e. The molecule has 26 heavy (non-hydrogen) atoms. The Kier molecular flexibility index (Phi) is 5.95. The van der Waals surface area contributed by atoms with Crippen LogP contribution in [0.3, 0.4) is 0 Å². The van der Waals surface area contributed by atoms with E-state index in [2.05, 4.69) is 20.5 Å². The molecule has 136 valence electrons. The van der Waals surface area contributed by atoms with Gasteiger partial charge in [-0.25, -0.2) is 0 Å². The molecule has 0 radical (unpaired) electrons. The maximum absolute atomic E-state index is 12.3. The second-order valence-electron chi connectivity index (χ2n) is 5.78. The summed E-state index contributed by atoms with van der Waals surface area (Å²) < 4.78 is 5.93. The Labute approximate surface area is 160 Å². The van der Waals surface area contributed by atoms with Crippen molar-refractivity contribution in [3.8, 4) is 5.75 Å². The number of benzene rings is 1. The van der Waals surface area contributed by atoms with Gasteiger partial charge in [0.15, 0.2) is 10.1 Å². The highest BCUT2D eigenvalue weighted by Gasteiger charge is 2.13. The van der Waals surface area contributed by atoms with Gasteiger partial charge in [0.05, 0.1) is 12.9 Å². The van der Waals surface area contributed by atoms with Crippen LogP contribution >= 0.6 is 23.1 Å². The second-order valence-corrected chi connectivity index (χ2v) is 7.98. The van der Waals surface area contributed by atoms with Crippen molar-refractivity contribution in [3.05, 3.63) is 52.8 Å². The van der Waals surface area contributed by atoms with Gasteiger partial charge < -0.3 is 15.0 Å². The monoisotopic (exact) mass is 388 g/mol. The summed E-state index contributed by atoms with van der Waals surface area (Å²) >= 11 is 2.86. The Morgan fingerprint density at radius 2 is 2.04 bits per heavy atom. The number of methoxy groups -OCH3 is 1. The number of ketones is 1. The zero-order valence-electron chi connectivity index (χ0n) is 14.8. The van der Waals surface area contributed by atoms with Crippen molar-refractivity contribution in [2.45, 2.75) is 24.7 Å². The molecular formula is C18H20N4O2S2. The lowest BCUT2D eigenvalue weighted by Crippen LogP contribution is -2.02. The van der Waals surface area contributed by atoms with E-state index in [1.165, 1.54) is 23.1 Å². The molecule has 8 heteroatoms. The number of aromatic nitrogens is 3. The van der Waals surface area contributed by atoms with E-state index >= 15 is 0 Å². The third-order valence-electron chi connectivity index (χ3n) is 3.79. The summed E-state index contributed by atoms with van der Waals surface area (Å²) in [5.74, 6) is 1.28. The van der Waals surface area contributed by atoms with Crippen molar-refractivity contribution in [2.75, 3.05) is 18.2 Å². The van der Waals surface area contributed by atoms with Gasteiger partial charge in [0.1, 0.15) is 5.75 Å². The van der Waals surface area contributed by atoms with Crippen molar-refractivity contribution in [3.63, 3.8) is 0 Å². The average molecular weight is 389 g/mol. The van der Waals surface area contributed by atoms with Crippen LogP contribution in [0.2, 0.25) is 0 Å². The van der Waals surface area contributed by atoms with Crippen LogP contribution in [0.4, 0.5) is 5.13 Å². The Morgan fingerprint density at radius 1 is 1.27 bits per heavy atom. The zero-order valence-corrected chi connectivity index (χ0v) is 16.5. The minimum Gasteiger partial charge on any atom is -0.497 e. The lowest BCUT2D eigenvalue weighted by molar-refractivity contribution is 0.102. The Bertz CT molecular complexity index is 887. The number of carbonyl (C=O) groups excluding carboxylic acids is 1. The highest BCUT2D eigenvalue weighted by molar-refractivity contribution is 8.01. The topological polar surface area (TPSA) is 79.9 Å². The molecule has 0 saturated heterocycles. The molecule has 0 aliphatic heterocycles. The number of hydrogen-bond acceptors (Lipinski definition) is 7. The Hall–Kier alpha value is -2.32. The maximum Gasteiger partial charge on any atom is 0.206 e. The number of ether oxygens (including phenoxy) is 1. The van der Waals surface area contributed by atoms with E-state index < -0.39 is 0 Å². The SMILES string of the molecule is COc1ccc(CNc2nnc(SCC(=O)c3cc(C)[nH]c3C)s2)cc1. The van der Waals surface area contributed by atoms with Gasteiger partial charge in [-0.3, -0.25) is 4.79 Å². The first-order chi connectivity index (χ1) is 12.5. The van der Waals surface area contributed by atoms with E-state index in [1.807, 2.05) is 44.2 Å². The van der Waals surface area contributed by atoms with Crippen molar-refractivity contribution in [1.29, 1.82) is 0 Å². The fourth-order valence-corrected chi connectivity index (χ4v) is 4.11. The predicted octanol–water partition coefficient (Wildman–Crippen LogP) is 4.08. The molecule has 3 rings (SSSR count). The number of thioether (sulfide) groups is 1. The molecule has 0 aliphatic rings. The standard InChI is InChI=1S/C18H20N4O2S2/c1-11-8-15(12(2)20-11)16(23)10-25-18-22-21-17(26-18)19-9-13-4-6-14(24-3)7-5-13/h4-8,20H,9-10H2,1-3H3,(H,19,21). The minimum atomic E-state index is 0.0970. The first-order valence-corrected chi connectivity index (χ1v) is 9.88. The number of aromatic amines is 1. The summed E-state index contributed by atoms with van der Waals surface area (Å²) in [4.78, 5) is 15.5. The van der Waals surface area contributed by atoms with Crippen LogP contribution in [0.15, 0.2) is 34.7 Å². The molecule has 0 saturated carbocycles. The van der Waals surface area contributed by atoms with Crippen molar-refractivity contribution in [1.82, 2.24) is 15.2 Å². The number of aryl methyl sites for hydroxylation is 2. The molecule has 0 spiro atoms. The maximum atomic E-state index is 12.3. The number of rotatable bonds is 8. The van der Waals surface area contributed by atoms with Crippen LogP contribution in [-0.4, -0.2) is 33.8 Å². The van der Waals surface area contributed by atoms with Gasteiger partial charge in [0.2, 0.25) is 5.13 Å². The van der Waals surface area contributed by atoms with Crippen LogP contribution in [0.1, 0.15) is 27.3 Å². The predicted molar refractivity (Wildman–Crippen MR) is 106 cm³/mol. The Balaban J connectivity index is 1.51. The van der Waals surface area contributed by atoms with Gasteiger partial charge in [-0.15, -0.1) is 10.2 Å². The highest BCUT2D eigenvalue weighted by atomic mass is 32.2. The van der Waals surface area contributed by atoms with Gasteiger partial charge in [-0.2, -0.15) is 0 Å². The van der Waals surface area contributed by atoms with E-state index in [9.17, 15) is 4.79 Å². The van der Waals surface area contributed by atoms with Crippen LogP contribution in [0, 0.1) is 13.8 Å². The van der Waals surface area contributed by atoms with Gasteiger partial charge in [0, 0.05) is 23.5 Å². The molecule has 2 heterocycles. The second kappa shape index (κ2) is 8.37. The van der Waals surface area contributed by atoms with E-state index in [-0.39, 0.29) is 5.78 Å². The van der Waals surface area contributed by atoms with Crippen LogP contribution in [0.5, 0.6) is 5.75 Å². The molecular weight excluding hydrogens is 368 g/mol. The van der Waals surface area contributed by atoms with Gasteiger partial charge >= 0.3 is 0 Å². The number of carbonyl (C=O) groups is 1. The fourth-order valence-electron chi connectivity index (χ4n) is 2.48. The number of Topliss-reactive ketones (excluding diaryl/α,β-unsaturated/α-hetero) is 1. The molecule has 6 nitrogen and oxygen atoms in total. The summed E-state index contributed by atoms with van der Waals surface area (Å²) in [6.45, 7) is 4.52. The summed E-state index contributed by atoms with van der Waals surface area (Å²) in [5, 5.41) is 12.3. The van der Waals surface area contributed by atoms with Gasteiger partial charge in [0.25, 0.3) is 0 Å². The van der Waals surface area contributed by atoms with E-state index in [4.69, 9.17) is 4.74 Å².